The highest BCUT2D eigenvalue weighted by Crippen LogP contribution is 2.28. The molecule has 3 aliphatic rings. The second kappa shape index (κ2) is 12.4. The van der Waals surface area contributed by atoms with Gasteiger partial charge in [-0.05, 0) is 24.5 Å². The summed E-state index contributed by atoms with van der Waals surface area (Å²) in [5, 5.41) is 4.94. The lowest BCUT2D eigenvalue weighted by Gasteiger charge is -2.41. The molecule has 0 spiro atoms. The highest BCUT2D eigenvalue weighted by Gasteiger charge is 2.43. The van der Waals surface area contributed by atoms with Gasteiger partial charge in [-0.1, -0.05) is 50.3 Å². The molecule has 3 amide bonds. The van der Waals surface area contributed by atoms with Gasteiger partial charge in [0.2, 0.25) is 27.7 Å². The van der Waals surface area contributed by atoms with Gasteiger partial charge in [-0.15, -0.1) is 0 Å². The number of amides is 3. The molecular formula is C26H40N5O5S+. The first-order valence-corrected chi connectivity index (χ1v) is 15.0. The van der Waals surface area contributed by atoms with Crippen molar-refractivity contribution in [3.05, 3.63) is 30.3 Å². The molecule has 1 saturated carbocycles. The Hall–Kier alpha value is -2.50. The molecule has 11 heteroatoms. The van der Waals surface area contributed by atoms with Crippen LogP contribution in [0.15, 0.2) is 35.2 Å². The molecule has 0 unspecified atom stereocenters. The molecule has 2 saturated heterocycles. The van der Waals surface area contributed by atoms with Crippen molar-refractivity contribution in [3.8, 4) is 0 Å². The van der Waals surface area contributed by atoms with E-state index >= 15 is 0 Å². The van der Waals surface area contributed by atoms with Crippen LogP contribution in [0, 0.1) is 11.8 Å². The zero-order chi connectivity index (χ0) is 26.4. The number of piperazine rings is 1. The van der Waals surface area contributed by atoms with Crippen molar-refractivity contribution in [3.63, 3.8) is 0 Å². The number of quaternary nitrogens is 1. The van der Waals surface area contributed by atoms with E-state index in [0.717, 1.165) is 51.6 Å². The fourth-order valence-corrected chi connectivity index (χ4v) is 7.49. The maximum atomic E-state index is 13.6. The van der Waals surface area contributed by atoms with Gasteiger partial charge in [0.1, 0.15) is 12.1 Å². The summed E-state index contributed by atoms with van der Waals surface area (Å²) in [6.45, 7) is 1.93. The molecule has 2 heterocycles. The van der Waals surface area contributed by atoms with Crippen LogP contribution in [-0.2, 0) is 24.4 Å². The molecule has 10 nitrogen and oxygen atoms in total. The van der Waals surface area contributed by atoms with Gasteiger partial charge in [0.25, 0.3) is 0 Å². The number of primary amides is 1. The van der Waals surface area contributed by atoms with Crippen molar-refractivity contribution in [1.29, 1.82) is 0 Å². The summed E-state index contributed by atoms with van der Waals surface area (Å²) in [5.41, 5.74) is 5.66. The Morgan fingerprint density at radius 3 is 2.32 bits per heavy atom. The largest absolute Gasteiger partial charge is 0.368 e. The third kappa shape index (κ3) is 6.69. The van der Waals surface area contributed by atoms with Crippen LogP contribution in [-0.4, -0.2) is 80.2 Å². The van der Waals surface area contributed by atoms with Crippen LogP contribution in [0.4, 0.5) is 0 Å². The summed E-state index contributed by atoms with van der Waals surface area (Å²) >= 11 is 0. The molecule has 0 bridgehead atoms. The van der Waals surface area contributed by atoms with Gasteiger partial charge in [-0.25, -0.2) is 8.42 Å². The highest BCUT2D eigenvalue weighted by molar-refractivity contribution is 7.89. The third-order valence-corrected chi connectivity index (χ3v) is 9.96. The number of carbonyl (C=O) groups excluding carboxylic acids is 3. The maximum Gasteiger partial charge on any atom is 0.243 e. The second-order valence-corrected chi connectivity index (χ2v) is 12.5. The van der Waals surface area contributed by atoms with Crippen molar-refractivity contribution in [2.24, 2.45) is 17.6 Å². The molecular weight excluding hydrogens is 494 g/mol. The topological polar surface area (TPSA) is 146 Å². The Balaban J connectivity index is 1.55. The lowest BCUT2D eigenvalue weighted by atomic mass is 9.84. The first kappa shape index (κ1) is 27.5. The molecule has 2 atom stereocenters. The number of nitrogens with two attached hydrogens (primary N) is 2. The number of hydrogen-bond donors (Lipinski definition) is 3. The SMILES string of the molecule is NC(=O)[C@H](CC1CCCCC1)NC(=O)[C@H]1CN(C(=O)C2CC[NH2+]CC2)CCN1S(=O)(=O)c1ccccc1. The smallest absolute Gasteiger partial charge is 0.243 e. The lowest BCUT2D eigenvalue weighted by Crippen LogP contribution is -2.86. The normalized spacial score (nSPS) is 23.4. The molecule has 37 heavy (non-hydrogen) atoms. The first-order valence-electron chi connectivity index (χ1n) is 13.5. The van der Waals surface area contributed by atoms with Crippen LogP contribution in [0.5, 0.6) is 0 Å². The van der Waals surface area contributed by atoms with Gasteiger partial charge in [-0.3, -0.25) is 14.4 Å². The summed E-state index contributed by atoms with van der Waals surface area (Å²) in [7, 11) is -4.00. The van der Waals surface area contributed by atoms with Crippen LogP contribution in [0.3, 0.4) is 0 Å². The lowest BCUT2D eigenvalue weighted by molar-refractivity contribution is -0.664. The van der Waals surface area contributed by atoms with E-state index in [0.29, 0.717) is 12.3 Å². The van der Waals surface area contributed by atoms with E-state index in [9.17, 15) is 22.8 Å². The number of nitrogens with zero attached hydrogens (tertiary/aromatic N) is 2. The minimum atomic E-state index is -4.00. The van der Waals surface area contributed by atoms with Crippen molar-refractivity contribution >= 4 is 27.7 Å². The monoisotopic (exact) mass is 534 g/mol. The van der Waals surface area contributed by atoms with E-state index in [4.69, 9.17) is 5.73 Å². The first-order chi connectivity index (χ1) is 17.8. The van der Waals surface area contributed by atoms with E-state index in [1.807, 2.05) is 0 Å². The van der Waals surface area contributed by atoms with Crippen molar-refractivity contribution in [2.75, 3.05) is 32.7 Å². The number of sulfonamides is 1. The summed E-state index contributed by atoms with van der Waals surface area (Å²) in [6, 6.07) is 5.96. The van der Waals surface area contributed by atoms with Crippen LogP contribution in [0.1, 0.15) is 51.4 Å². The number of benzene rings is 1. The van der Waals surface area contributed by atoms with Crippen LogP contribution in [0.25, 0.3) is 0 Å². The Morgan fingerprint density at radius 2 is 1.68 bits per heavy atom. The van der Waals surface area contributed by atoms with Gasteiger partial charge >= 0.3 is 0 Å². The maximum absolute atomic E-state index is 13.6. The number of nitrogens with one attached hydrogen (secondary N) is 1. The van der Waals surface area contributed by atoms with Crippen molar-refractivity contribution in [1.82, 2.24) is 14.5 Å². The third-order valence-electron chi connectivity index (χ3n) is 8.04. The number of hydrogen-bond acceptors (Lipinski definition) is 5. The fraction of sp³-hybridized carbons (Fsp3) is 0.654. The minimum Gasteiger partial charge on any atom is -0.368 e. The Morgan fingerprint density at radius 1 is 1.00 bits per heavy atom. The van der Waals surface area contributed by atoms with Crippen molar-refractivity contribution in [2.45, 2.75) is 68.3 Å². The predicted molar refractivity (Wildman–Crippen MR) is 137 cm³/mol. The summed E-state index contributed by atoms with van der Waals surface area (Å²) < 4.78 is 28.3. The van der Waals surface area contributed by atoms with Gasteiger partial charge in [0.15, 0.2) is 0 Å². The zero-order valence-corrected chi connectivity index (χ0v) is 22.2. The quantitative estimate of drug-likeness (QED) is 0.423. The second-order valence-electron chi connectivity index (χ2n) is 10.6. The molecule has 204 valence electrons. The van der Waals surface area contributed by atoms with Gasteiger partial charge < -0.3 is 21.3 Å². The average Bonchev–Trinajstić information content (AvgIpc) is 2.93. The molecule has 4 rings (SSSR count). The number of carbonyl (C=O) groups is 3. The zero-order valence-electron chi connectivity index (χ0n) is 21.4. The fourth-order valence-electron chi connectivity index (χ4n) is 5.90. The number of rotatable bonds is 8. The average molecular weight is 535 g/mol. The molecule has 3 fully saturated rings. The van der Waals surface area contributed by atoms with Crippen LogP contribution in [0.2, 0.25) is 0 Å². The van der Waals surface area contributed by atoms with Gasteiger partial charge in [0, 0.05) is 38.4 Å². The number of piperidine rings is 1. The molecule has 0 radical (unpaired) electrons. The summed E-state index contributed by atoms with van der Waals surface area (Å²) in [5.74, 6) is -1.07. The highest BCUT2D eigenvalue weighted by atomic mass is 32.2. The molecule has 2 aliphatic heterocycles. The van der Waals surface area contributed by atoms with Gasteiger partial charge in [-0.2, -0.15) is 4.31 Å². The van der Waals surface area contributed by atoms with E-state index in [2.05, 4.69) is 10.6 Å². The van der Waals surface area contributed by atoms with Crippen molar-refractivity contribution < 1.29 is 28.1 Å². The molecule has 1 aromatic rings. The van der Waals surface area contributed by atoms with Crippen LogP contribution < -0.4 is 16.4 Å². The molecule has 5 N–H and O–H groups in total. The van der Waals surface area contributed by atoms with E-state index < -0.39 is 33.9 Å². The standard InChI is InChI=1S/C26H39N5O5S/c27-24(32)22(17-19-7-3-1-4-8-19)29-25(33)23-18-30(26(34)20-11-13-28-14-12-20)15-16-31(23)37(35,36)21-9-5-2-6-10-21/h2,5-6,9-10,19-20,22-23,28H,1,3-4,7-8,11-18H2,(H2,27,32)(H,29,33)/p+1/t22-,23+/m0/s1. The van der Waals surface area contributed by atoms with Crippen LogP contribution >= 0.6 is 0 Å². The van der Waals surface area contributed by atoms with E-state index in [1.54, 1.807) is 23.1 Å². The predicted octanol–water partition coefficient (Wildman–Crippen LogP) is -0.198. The Labute approximate surface area is 219 Å². The Bertz CT molecular complexity index is 1050. The van der Waals surface area contributed by atoms with E-state index in [1.165, 1.54) is 22.9 Å². The summed E-state index contributed by atoms with van der Waals surface area (Å²) in [6.07, 6.45) is 7.30. The van der Waals surface area contributed by atoms with Gasteiger partial charge in [0.05, 0.1) is 18.0 Å². The Kier molecular flexibility index (Phi) is 9.20. The minimum absolute atomic E-state index is 0.00373. The molecule has 1 aromatic carbocycles. The molecule has 0 aromatic heterocycles. The van der Waals surface area contributed by atoms with E-state index in [-0.39, 0.29) is 36.4 Å². The summed E-state index contributed by atoms with van der Waals surface area (Å²) in [4.78, 5) is 40.9. The molecule has 1 aliphatic carbocycles.